The molecule has 2 N–H and O–H groups in total. The van der Waals surface area contributed by atoms with Gasteiger partial charge in [-0.1, -0.05) is 30.7 Å². The monoisotopic (exact) mass is 388 g/mol. The summed E-state index contributed by atoms with van der Waals surface area (Å²) in [7, 11) is 0. The van der Waals surface area contributed by atoms with Crippen LogP contribution in [0.4, 0.5) is 0 Å². The van der Waals surface area contributed by atoms with E-state index in [-0.39, 0.29) is 29.8 Å². The van der Waals surface area contributed by atoms with Crippen molar-refractivity contribution in [2.45, 2.75) is 57.9 Å². The lowest BCUT2D eigenvalue weighted by atomic mass is 9.49. The molecule has 1 aromatic carbocycles. The number of benzene rings is 1. The van der Waals surface area contributed by atoms with E-state index in [9.17, 15) is 9.59 Å². The molecule has 1 atom stereocenters. The molecule has 4 saturated carbocycles. The van der Waals surface area contributed by atoms with Crippen molar-refractivity contribution in [1.82, 2.24) is 10.6 Å². The maximum absolute atomic E-state index is 13.0. The molecular formula is C22H29ClN2O2. The molecule has 0 heterocycles. The Bertz CT molecular complexity index is 680. The molecule has 4 fully saturated rings. The topological polar surface area (TPSA) is 58.2 Å². The van der Waals surface area contributed by atoms with Gasteiger partial charge in [-0.05, 0) is 80.4 Å². The third kappa shape index (κ3) is 3.87. The molecule has 4 aliphatic carbocycles. The molecule has 1 aromatic rings. The molecule has 27 heavy (non-hydrogen) atoms. The van der Waals surface area contributed by atoms with Gasteiger partial charge in [-0.3, -0.25) is 9.59 Å². The summed E-state index contributed by atoms with van der Waals surface area (Å²) in [5, 5.41) is 6.68. The second-order valence-electron chi connectivity index (χ2n) is 8.96. The third-order valence-electron chi connectivity index (χ3n) is 6.95. The molecule has 2 amide bonds. The predicted octanol–water partition coefficient (Wildman–Crippen LogP) is 4.24. The minimum atomic E-state index is -0.199. The number of hydrogen-bond acceptors (Lipinski definition) is 2. The van der Waals surface area contributed by atoms with Crippen LogP contribution >= 0.6 is 11.6 Å². The number of carbonyl (C=O) groups excluding carboxylic acids is 2. The van der Waals surface area contributed by atoms with Gasteiger partial charge < -0.3 is 10.6 Å². The van der Waals surface area contributed by atoms with Gasteiger partial charge in [0.2, 0.25) is 11.8 Å². The fourth-order valence-electron chi connectivity index (χ4n) is 6.10. The molecule has 4 nitrogen and oxygen atoms in total. The van der Waals surface area contributed by atoms with Gasteiger partial charge in [-0.15, -0.1) is 0 Å². The standard InChI is InChI=1S/C22H29ClN2O2/c1-2-19(17-3-5-18(23)6-4-17)25-20(26)13-24-21(27)22-10-14-7-15(11-22)9-16(8-14)12-22/h3-6,14-16,19H,2,7-13H2,1H3,(H,24,27)(H,25,26). The van der Waals surface area contributed by atoms with Crippen molar-refractivity contribution in [1.29, 1.82) is 0 Å². The minimum absolute atomic E-state index is 0.0602. The molecule has 0 aromatic heterocycles. The van der Waals surface area contributed by atoms with Crippen LogP contribution in [0.3, 0.4) is 0 Å². The predicted molar refractivity (Wildman–Crippen MR) is 106 cm³/mol. The highest BCUT2D eigenvalue weighted by Crippen LogP contribution is 2.60. The van der Waals surface area contributed by atoms with E-state index in [1.54, 1.807) is 0 Å². The van der Waals surface area contributed by atoms with Crippen LogP contribution in [-0.4, -0.2) is 18.4 Å². The van der Waals surface area contributed by atoms with E-state index < -0.39 is 0 Å². The van der Waals surface area contributed by atoms with Crippen molar-refractivity contribution >= 4 is 23.4 Å². The summed E-state index contributed by atoms with van der Waals surface area (Å²) in [4.78, 5) is 25.4. The highest BCUT2D eigenvalue weighted by atomic mass is 35.5. The molecule has 4 bridgehead atoms. The smallest absolute Gasteiger partial charge is 0.239 e. The largest absolute Gasteiger partial charge is 0.348 e. The van der Waals surface area contributed by atoms with E-state index in [1.165, 1.54) is 19.3 Å². The van der Waals surface area contributed by atoms with Gasteiger partial charge >= 0.3 is 0 Å². The van der Waals surface area contributed by atoms with Crippen LogP contribution in [0, 0.1) is 23.2 Å². The summed E-state index contributed by atoms with van der Waals surface area (Å²) in [6, 6.07) is 7.47. The fourth-order valence-corrected chi connectivity index (χ4v) is 6.22. The number of nitrogens with one attached hydrogen (secondary N) is 2. The van der Waals surface area contributed by atoms with Crippen molar-refractivity contribution in [2.75, 3.05) is 6.54 Å². The molecule has 5 heteroatoms. The molecule has 146 valence electrons. The van der Waals surface area contributed by atoms with Crippen molar-refractivity contribution < 1.29 is 9.59 Å². The lowest BCUT2D eigenvalue weighted by Crippen LogP contribution is -2.54. The second kappa shape index (κ2) is 7.46. The van der Waals surface area contributed by atoms with Crippen molar-refractivity contribution in [3.8, 4) is 0 Å². The average molecular weight is 389 g/mol. The molecule has 0 spiro atoms. The Labute approximate surface area is 166 Å². The van der Waals surface area contributed by atoms with Gasteiger partial charge in [0.15, 0.2) is 0 Å². The van der Waals surface area contributed by atoms with E-state index in [1.807, 2.05) is 31.2 Å². The molecule has 0 aliphatic heterocycles. The molecule has 5 rings (SSSR count). The van der Waals surface area contributed by atoms with E-state index in [2.05, 4.69) is 10.6 Å². The van der Waals surface area contributed by atoms with Crippen LogP contribution in [0.15, 0.2) is 24.3 Å². The quantitative estimate of drug-likeness (QED) is 0.765. The summed E-state index contributed by atoms with van der Waals surface area (Å²) in [6.07, 6.45) is 7.79. The third-order valence-corrected chi connectivity index (χ3v) is 7.20. The van der Waals surface area contributed by atoms with Gasteiger partial charge in [-0.25, -0.2) is 0 Å². The fraction of sp³-hybridized carbons (Fsp3) is 0.636. The summed E-state index contributed by atoms with van der Waals surface area (Å²) in [5.41, 5.74) is 0.831. The normalized spacial score (nSPS) is 32.1. The first-order chi connectivity index (χ1) is 13.0. The van der Waals surface area contributed by atoms with Gasteiger partial charge in [0, 0.05) is 10.4 Å². The van der Waals surface area contributed by atoms with Crippen LogP contribution in [0.2, 0.25) is 5.02 Å². The Morgan fingerprint density at radius 1 is 1.07 bits per heavy atom. The Kier molecular flexibility index (Phi) is 5.19. The molecule has 1 unspecified atom stereocenters. The number of carbonyl (C=O) groups is 2. The Balaban J connectivity index is 1.32. The lowest BCUT2D eigenvalue weighted by molar-refractivity contribution is -0.147. The van der Waals surface area contributed by atoms with Gasteiger partial charge in [0.1, 0.15) is 0 Å². The van der Waals surface area contributed by atoms with Crippen molar-refractivity contribution in [3.05, 3.63) is 34.9 Å². The summed E-state index contributed by atoms with van der Waals surface area (Å²) in [6.45, 7) is 2.10. The van der Waals surface area contributed by atoms with Crippen molar-refractivity contribution in [3.63, 3.8) is 0 Å². The van der Waals surface area contributed by atoms with E-state index in [0.717, 1.165) is 49.0 Å². The second-order valence-corrected chi connectivity index (χ2v) is 9.40. The molecular weight excluding hydrogens is 360 g/mol. The molecule has 4 aliphatic rings. The van der Waals surface area contributed by atoms with Crippen LogP contribution in [0.5, 0.6) is 0 Å². The average Bonchev–Trinajstić information content (AvgIpc) is 2.64. The van der Waals surface area contributed by atoms with E-state index >= 15 is 0 Å². The molecule has 0 radical (unpaired) electrons. The lowest BCUT2D eigenvalue weighted by Gasteiger charge is -2.55. The zero-order valence-electron chi connectivity index (χ0n) is 16.0. The van der Waals surface area contributed by atoms with Crippen LogP contribution in [0.25, 0.3) is 0 Å². The summed E-state index contributed by atoms with van der Waals surface area (Å²) < 4.78 is 0. The van der Waals surface area contributed by atoms with Crippen LogP contribution in [-0.2, 0) is 9.59 Å². The van der Waals surface area contributed by atoms with Crippen LogP contribution in [0.1, 0.15) is 63.5 Å². The first kappa shape index (κ1) is 18.8. The van der Waals surface area contributed by atoms with E-state index in [0.29, 0.717) is 5.02 Å². The number of hydrogen-bond donors (Lipinski definition) is 2. The van der Waals surface area contributed by atoms with Gasteiger partial charge in [-0.2, -0.15) is 0 Å². The number of halogens is 1. The Morgan fingerprint density at radius 3 is 2.15 bits per heavy atom. The zero-order chi connectivity index (χ0) is 19.0. The Morgan fingerprint density at radius 2 is 1.63 bits per heavy atom. The highest BCUT2D eigenvalue weighted by Gasteiger charge is 2.54. The molecule has 0 saturated heterocycles. The number of amides is 2. The van der Waals surface area contributed by atoms with Gasteiger partial charge in [0.05, 0.1) is 12.6 Å². The minimum Gasteiger partial charge on any atom is -0.348 e. The number of rotatable bonds is 6. The highest BCUT2D eigenvalue weighted by molar-refractivity contribution is 6.30. The van der Waals surface area contributed by atoms with Gasteiger partial charge in [0.25, 0.3) is 0 Å². The van der Waals surface area contributed by atoms with Crippen LogP contribution < -0.4 is 10.6 Å². The maximum Gasteiger partial charge on any atom is 0.239 e. The maximum atomic E-state index is 13.0. The summed E-state index contributed by atoms with van der Waals surface area (Å²) in [5.74, 6) is 2.16. The first-order valence-corrected chi connectivity index (χ1v) is 10.7. The first-order valence-electron chi connectivity index (χ1n) is 10.3. The SMILES string of the molecule is CCC(NC(=O)CNC(=O)C12CC3CC(CC(C3)C1)C2)c1ccc(Cl)cc1. The summed E-state index contributed by atoms with van der Waals surface area (Å²) >= 11 is 5.94. The van der Waals surface area contributed by atoms with E-state index in [4.69, 9.17) is 11.6 Å². The van der Waals surface area contributed by atoms with Crippen molar-refractivity contribution in [2.24, 2.45) is 23.2 Å². The Hall–Kier alpha value is -1.55. The zero-order valence-corrected chi connectivity index (χ0v) is 16.7.